The average molecular weight is 331 g/mol. The molecule has 0 spiro atoms. The van der Waals surface area contributed by atoms with Gasteiger partial charge in [-0.15, -0.1) is 15.3 Å². The molecule has 0 aliphatic rings. The van der Waals surface area contributed by atoms with E-state index >= 15 is 0 Å². The number of benzene rings is 2. The maximum atomic E-state index is 9.68. The first-order valence-electron chi connectivity index (χ1n) is 6.69. The van der Waals surface area contributed by atoms with Crippen LogP contribution in [0.2, 0.25) is 0 Å². The van der Waals surface area contributed by atoms with Gasteiger partial charge in [0.2, 0.25) is 0 Å². The van der Waals surface area contributed by atoms with E-state index in [9.17, 15) is 10.2 Å². The fraction of sp³-hybridized carbons (Fsp3) is 0. The van der Waals surface area contributed by atoms with Crippen molar-refractivity contribution in [3.63, 3.8) is 0 Å². The maximum Gasteiger partial charge on any atom is 0.270 e. The first-order chi connectivity index (χ1) is 12.1. The number of aromatic hydroxyl groups is 2. The molecule has 9 heteroatoms. The number of nitriles is 3. The number of rotatable bonds is 3. The molecule has 0 bridgehead atoms. The van der Waals surface area contributed by atoms with Crippen molar-refractivity contribution in [2.24, 2.45) is 15.3 Å². The van der Waals surface area contributed by atoms with Crippen molar-refractivity contribution < 1.29 is 10.2 Å². The molecule has 0 amide bonds. The zero-order valence-electron chi connectivity index (χ0n) is 12.5. The molecule has 0 aliphatic heterocycles. The number of hydrogen-bond donors (Lipinski definition) is 3. The second-order valence-electron chi connectivity index (χ2n) is 4.52. The monoisotopic (exact) mass is 331 g/mol. The highest BCUT2D eigenvalue weighted by Gasteiger charge is 2.04. The van der Waals surface area contributed by atoms with Gasteiger partial charge in [0.15, 0.2) is 0 Å². The van der Waals surface area contributed by atoms with Crippen LogP contribution in [0, 0.1) is 34.0 Å². The Morgan fingerprint density at radius 1 is 0.920 bits per heavy atom. The Labute approximate surface area is 142 Å². The first kappa shape index (κ1) is 16.9. The highest BCUT2D eigenvalue weighted by molar-refractivity contribution is 5.97. The van der Waals surface area contributed by atoms with Crippen LogP contribution >= 0.6 is 0 Å². The molecule has 2 aromatic carbocycles. The summed E-state index contributed by atoms with van der Waals surface area (Å²) in [7, 11) is 0. The van der Waals surface area contributed by atoms with E-state index in [0.29, 0.717) is 0 Å². The third kappa shape index (κ3) is 4.28. The van der Waals surface area contributed by atoms with Gasteiger partial charge in [-0.2, -0.15) is 15.8 Å². The van der Waals surface area contributed by atoms with Crippen molar-refractivity contribution in [1.82, 2.24) is 0 Å². The minimum atomic E-state index is -0.400. The maximum absolute atomic E-state index is 9.68. The largest absolute Gasteiger partial charge is 0.506 e. The van der Waals surface area contributed by atoms with Gasteiger partial charge in [0.25, 0.3) is 5.84 Å². The number of nitrogens with zero attached hydrogens (tertiary/aromatic N) is 6. The summed E-state index contributed by atoms with van der Waals surface area (Å²) in [5, 5.41) is 56.9. The summed E-state index contributed by atoms with van der Waals surface area (Å²) in [6, 6.07) is 13.5. The van der Waals surface area contributed by atoms with E-state index in [0.717, 1.165) is 0 Å². The van der Waals surface area contributed by atoms with Crippen molar-refractivity contribution in [2.45, 2.75) is 0 Å². The van der Waals surface area contributed by atoms with Crippen molar-refractivity contribution in [3.05, 3.63) is 47.5 Å². The molecule has 9 nitrogen and oxygen atoms in total. The van der Waals surface area contributed by atoms with Crippen LogP contribution in [0.4, 0.5) is 11.4 Å². The Morgan fingerprint density at radius 2 is 1.56 bits per heavy atom. The molecular formula is C16H9N7O2. The molecule has 0 fully saturated rings. The topological polar surface area (TPSA) is 161 Å². The fourth-order valence-corrected chi connectivity index (χ4v) is 1.65. The van der Waals surface area contributed by atoms with E-state index in [4.69, 9.17) is 15.8 Å². The fourth-order valence-electron chi connectivity index (χ4n) is 1.65. The molecule has 120 valence electrons. The number of anilines is 1. The van der Waals surface area contributed by atoms with Crippen LogP contribution in [-0.4, -0.2) is 16.0 Å². The summed E-state index contributed by atoms with van der Waals surface area (Å²) in [4.78, 5) is 0. The predicted molar refractivity (Wildman–Crippen MR) is 86.8 cm³/mol. The molecule has 0 aromatic heterocycles. The van der Waals surface area contributed by atoms with Crippen LogP contribution in [0.25, 0.3) is 0 Å². The molecule has 25 heavy (non-hydrogen) atoms. The highest BCUT2D eigenvalue weighted by atomic mass is 16.3. The molecule has 3 N–H and O–H groups in total. The number of nitrogens with one attached hydrogen (secondary N) is 1. The SMILES string of the molecule is N#CC(/N=N/c1cc(C#N)ccc1O)=N\Nc1cc(C#N)ccc1O. The predicted octanol–water partition coefficient (Wildman–Crippen LogP) is 2.87. The van der Waals surface area contributed by atoms with E-state index in [1.54, 1.807) is 6.07 Å². The summed E-state index contributed by atoms with van der Waals surface area (Å²) in [5.74, 6) is -0.785. The summed E-state index contributed by atoms with van der Waals surface area (Å²) < 4.78 is 0. The number of azo groups is 1. The highest BCUT2D eigenvalue weighted by Crippen LogP contribution is 2.27. The molecule has 0 radical (unpaired) electrons. The van der Waals surface area contributed by atoms with Crippen LogP contribution in [0.3, 0.4) is 0 Å². The number of phenolic OH excluding ortho intramolecular Hbond substituents is 2. The molecule has 2 aromatic rings. The number of phenols is 2. The minimum absolute atomic E-state index is 0.00340. The van der Waals surface area contributed by atoms with Gasteiger partial charge in [-0.1, -0.05) is 0 Å². The Hall–Kier alpha value is -4.42. The van der Waals surface area contributed by atoms with Crippen LogP contribution in [-0.2, 0) is 0 Å². The van der Waals surface area contributed by atoms with Crippen LogP contribution in [0.15, 0.2) is 51.7 Å². The van der Waals surface area contributed by atoms with Gasteiger partial charge in [-0.3, -0.25) is 5.43 Å². The van der Waals surface area contributed by atoms with Gasteiger partial charge in [-0.25, -0.2) is 0 Å². The normalized spacial score (nSPS) is 10.7. The Balaban J connectivity index is 2.24. The quantitative estimate of drug-likeness (QED) is 0.257. The molecule has 0 unspecified atom stereocenters. The van der Waals surface area contributed by atoms with E-state index in [-0.39, 0.29) is 34.0 Å². The summed E-state index contributed by atoms with van der Waals surface area (Å²) in [6.45, 7) is 0. The Morgan fingerprint density at radius 3 is 2.20 bits per heavy atom. The second-order valence-corrected chi connectivity index (χ2v) is 4.52. The lowest BCUT2D eigenvalue weighted by Crippen LogP contribution is -1.96. The lowest BCUT2D eigenvalue weighted by Gasteiger charge is -2.03. The zero-order valence-corrected chi connectivity index (χ0v) is 12.5. The van der Waals surface area contributed by atoms with Gasteiger partial charge in [0, 0.05) is 0 Å². The van der Waals surface area contributed by atoms with Crippen molar-refractivity contribution in [2.75, 3.05) is 5.43 Å². The van der Waals surface area contributed by atoms with Gasteiger partial charge < -0.3 is 10.2 Å². The van der Waals surface area contributed by atoms with E-state index in [1.165, 1.54) is 36.4 Å². The zero-order chi connectivity index (χ0) is 18.2. The molecule has 0 aliphatic carbocycles. The van der Waals surface area contributed by atoms with E-state index in [1.807, 2.05) is 12.1 Å². The van der Waals surface area contributed by atoms with E-state index < -0.39 is 5.84 Å². The number of amidine groups is 1. The second kappa shape index (κ2) is 7.73. The standard InChI is InChI=1S/C16H9N7O2/c17-7-10-1-3-14(24)12(5-10)20-22-16(9-19)23-21-13-6-11(8-18)2-4-15(13)25/h1-6,20,24-25H/b22-16+,23-21+. The van der Waals surface area contributed by atoms with Gasteiger partial charge in [0.1, 0.15) is 23.3 Å². The third-order valence-corrected chi connectivity index (χ3v) is 2.86. The number of hydrogen-bond acceptors (Lipinski definition) is 8. The Bertz CT molecular complexity index is 991. The first-order valence-corrected chi connectivity index (χ1v) is 6.69. The smallest absolute Gasteiger partial charge is 0.270 e. The molecule has 0 saturated carbocycles. The molecule has 2 rings (SSSR count). The van der Waals surface area contributed by atoms with Crippen molar-refractivity contribution >= 4 is 17.2 Å². The van der Waals surface area contributed by atoms with Gasteiger partial charge in [-0.05, 0) is 36.4 Å². The lowest BCUT2D eigenvalue weighted by atomic mass is 10.2. The van der Waals surface area contributed by atoms with Gasteiger partial charge in [0.05, 0.1) is 29.0 Å². The van der Waals surface area contributed by atoms with Crippen LogP contribution in [0.1, 0.15) is 11.1 Å². The molecular weight excluding hydrogens is 322 g/mol. The number of hydrazone groups is 1. The van der Waals surface area contributed by atoms with Crippen molar-refractivity contribution in [1.29, 1.82) is 15.8 Å². The lowest BCUT2D eigenvalue weighted by molar-refractivity contribution is 0.476. The minimum Gasteiger partial charge on any atom is -0.506 e. The van der Waals surface area contributed by atoms with Crippen LogP contribution < -0.4 is 5.43 Å². The molecule has 0 saturated heterocycles. The Kier molecular flexibility index (Phi) is 5.24. The summed E-state index contributed by atoms with van der Waals surface area (Å²) in [5.41, 5.74) is 3.06. The van der Waals surface area contributed by atoms with Crippen LogP contribution in [0.5, 0.6) is 11.5 Å². The molecule has 0 atom stereocenters. The summed E-state index contributed by atoms with van der Waals surface area (Å²) >= 11 is 0. The van der Waals surface area contributed by atoms with Gasteiger partial charge >= 0.3 is 0 Å². The van der Waals surface area contributed by atoms with Crippen molar-refractivity contribution in [3.8, 4) is 29.7 Å². The summed E-state index contributed by atoms with van der Waals surface area (Å²) in [6.07, 6.45) is 0. The average Bonchev–Trinajstić information content (AvgIpc) is 2.64. The third-order valence-electron chi connectivity index (χ3n) is 2.86. The van der Waals surface area contributed by atoms with E-state index in [2.05, 4.69) is 20.8 Å². The molecule has 0 heterocycles.